The third kappa shape index (κ3) is 3.36. The second-order valence-electron chi connectivity index (χ2n) is 4.34. The van der Waals surface area contributed by atoms with Crippen LogP contribution in [-0.4, -0.2) is 10.9 Å². The lowest BCUT2D eigenvalue weighted by molar-refractivity contribution is 0.319. The van der Waals surface area contributed by atoms with Gasteiger partial charge in [0.2, 0.25) is 0 Å². The van der Waals surface area contributed by atoms with Gasteiger partial charge in [0.25, 0.3) is 0 Å². The zero-order chi connectivity index (χ0) is 10.6. The van der Waals surface area contributed by atoms with E-state index in [-0.39, 0.29) is 0 Å². The number of hydrogen-bond acceptors (Lipinski definition) is 2. The van der Waals surface area contributed by atoms with Gasteiger partial charge in [0.15, 0.2) is 0 Å². The highest BCUT2D eigenvalue weighted by Gasteiger charge is 2.14. The first-order valence-corrected chi connectivity index (χ1v) is 5.19. The summed E-state index contributed by atoms with van der Waals surface area (Å²) in [5.74, 6) is 1.44. The predicted molar refractivity (Wildman–Crippen MR) is 59.7 cm³/mol. The molecule has 1 N–H and O–H groups in total. The molecule has 0 saturated heterocycles. The van der Waals surface area contributed by atoms with Crippen LogP contribution in [0.25, 0.3) is 0 Å². The number of nitrogens with zero attached hydrogens (tertiary/aromatic N) is 1. The molecule has 2 atom stereocenters. The maximum atomic E-state index is 8.49. The van der Waals surface area contributed by atoms with E-state index in [2.05, 4.69) is 31.2 Å². The van der Waals surface area contributed by atoms with E-state index in [0.717, 1.165) is 12.3 Å². The molecule has 1 aliphatic rings. The van der Waals surface area contributed by atoms with Crippen LogP contribution in [0.4, 0.5) is 0 Å². The van der Waals surface area contributed by atoms with E-state index in [9.17, 15) is 0 Å². The van der Waals surface area contributed by atoms with Crippen molar-refractivity contribution in [2.24, 2.45) is 17.0 Å². The molecule has 2 heteroatoms. The molecule has 14 heavy (non-hydrogen) atoms. The Morgan fingerprint density at radius 2 is 2.29 bits per heavy atom. The standard InChI is InChI=1S/C12H19NO/c1-9-6-10(2)8-12(7-9)5-4-11(3)13-14/h4-5,7,9-10,14H,6,8H2,1-3H3/b5-4+,13-11+. The average Bonchev–Trinajstić information content (AvgIpc) is 2.12. The minimum absolute atomic E-state index is 0.650. The fourth-order valence-electron chi connectivity index (χ4n) is 2.01. The van der Waals surface area contributed by atoms with Gasteiger partial charge < -0.3 is 5.21 Å². The van der Waals surface area contributed by atoms with Crippen molar-refractivity contribution < 1.29 is 5.21 Å². The van der Waals surface area contributed by atoms with Gasteiger partial charge in [0.05, 0.1) is 5.71 Å². The van der Waals surface area contributed by atoms with Crippen molar-refractivity contribution in [1.29, 1.82) is 0 Å². The molecule has 0 heterocycles. The average molecular weight is 193 g/mol. The van der Waals surface area contributed by atoms with Crippen LogP contribution >= 0.6 is 0 Å². The van der Waals surface area contributed by atoms with Crippen molar-refractivity contribution >= 4 is 5.71 Å². The Bertz CT molecular complexity index is 276. The summed E-state index contributed by atoms with van der Waals surface area (Å²) in [6.07, 6.45) is 8.64. The maximum absolute atomic E-state index is 8.49. The fourth-order valence-corrected chi connectivity index (χ4v) is 2.01. The molecule has 1 aliphatic carbocycles. The van der Waals surface area contributed by atoms with Gasteiger partial charge in [-0.3, -0.25) is 0 Å². The van der Waals surface area contributed by atoms with Gasteiger partial charge in [-0.05, 0) is 37.7 Å². The largest absolute Gasteiger partial charge is 0.411 e. The summed E-state index contributed by atoms with van der Waals surface area (Å²) >= 11 is 0. The first kappa shape index (κ1) is 11.0. The summed E-state index contributed by atoms with van der Waals surface area (Å²) < 4.78 is 0. The molecule has 1 rings (SSSR count). The lowest BCUT2D eigenvalue weighted by atomic mass is 9.84. The second kappa shape index (κ2) is 4.99. The van der Waals surface area contributed by atoms with Crippen molar-refractivity contribution in [2.75, 3.05) is 0 Å². The Morgan fingerprint density at radius 1 is 1.57 bits per heavy atom. The van der Waals surface area contributed by atoms with Crippen molar-refractivity contribution in [3.05, 3.63) is 23.8 Å². The first-order valence-electron chi connectivity index (χ1n) is 5.19. The topological polar surface area (TPSA) is 32.6 Å². The highest BCUT2D eigenvalue weighted by Crippen LogP contribution is 2.28. The zero-order valence-corrected chi connectivity index (χ0v) is 9.20. The second-order valence-corrected chi connectivity index (χ2v) is 4.34. The summed E-state index contributed by atoms with van der Waals surface area (Å²) in [6, 6.07) is 0. The molecule has 0 radical (unpaired) electrons. The Morgan fingerprint density at radius 3 is 2.86 bits per heavy atom. The predicted octanol–water partition coefficient (Wildman–Crippen LogP) is 3.39. The van der Waals surface area contributed by atoms with Gasteiger partial charge in [-0.15, -0.1) is 0 Å². The molecule has 0 spiro atoms. The van der Waals surface area contributed by atoms with Crippen LogP contribution in [0, 0.1) is 11.8 Å². The van der Waals surface area contributed by atoms with E-state index in [1.807, 2.05) is 6.08 Å². The fraction of sp³-hybridized carbons (Fsp3) is 0.583. The Labute approximate surface area is 86.0 Å². The Kier molecular flexibility index (Phi) is 3.93. The molecular formula is C12H19NO. The van der Waals surface area contributed by atoms with Crippen LogP contribution in [-0.2, 0) is 0 Å². The van der Waals surface area contributed by atoms with Crippen LogP contribution in [0.5, 0.6) is 0 Å². The van der Waals surface area contributed by atoms with E-state index in [1.54, 1.807) is 6.92 Å². The highest BCUT2D eigenvalue weighted by molar-refractivity contribution is 5.92. The van der Waals surface area contributed by atoms with Crippen LogP contribution in [0.15, 0.2) is 29.0 Å². The molecule has 0 aromatic carbocycles. The lowest BCUT2D eigenvalue weighted by Crippen LogP contribution is -2.08. The third-order valence-electron chi connectivity index (χ3n) is 2.55. The Hall–Kier alpha value is -1.05. The monoisotopic (exact) mass is 193 g/mol. The molecule has 2 unspecified atom stereocenters. The summed E-state index contributed by atoms with van der Waals surface area (Å²) in [7, 11) is 0. The lowest BCUT2D eigenvalue weighted by Gasteiger charge is -2.21. The summed E-state index contributed by atoms with van der Waals surface area (Å²) in [5, 5.41) is 11.6. The smallest absolute Gasteiger partial charge is 0.0764 e. The number of rotatable bonds is 2. The minimum Gasteiger partial charge on any atom is -0.411 e. The van der Waals surface area contributed by atoms with Crippen LogP contribution in [0.2, 0.25) is 0 Å². The molecule has 0 amide bonds. The molecule has 0 fully saturated rings. The van der Waals surface area contributed by atoms with Crippen molar-refractivity contribution in [1.82, 2.24) is 0 Å². The first-order chi connectivity index (χ1) is 6.61. The van der Waals surface area contributed by atoms with Gasteiger partial charge in [-0.25, -0.2) is 0 Å². The number of allylic oxidation sites excluding steroid dienone is 4. The normalized spacial score (nSPS) is 29.4. The third-order valence-corrected chi connectivity index (χ3v) is 2.55. The van der Waals surface area contributed by atoms with Crippen LogP contribution in [0.3, 0.4) is 0 Å². The molecular weight excluding hydrogens is 174 g/mol. The van der Waals surface area contributed by atoms with E-state index in [4.69, 9.17) is 5.21 Å². The van der Waals surface area contributed by atoms with Gasteiger partial charge >= 0.3 is 0 Å². The molecule has 0 bridgehead atoms. The quantitative estimate of drug-likeness (QED) is 0.407. The minimum atomic E-state index is 0.650. The maximum Gasteiger partial charge on any atom is 0.0764 e. The SMILES string of the molecule is CC(/C=C/C1=CC(C)CC(C)C1)=N\O. The van der Waals surface area contributed by atoms with Crippen LogP contribution in [0.1, 0.15) is 33.6 Å². The molecule has 78 valence electrons. The van der Waals surface area contributed by atoms with E-state index in [1.165, 1.54) is 12.0 Å². The van der Waals surface area contributed by atoms with Crippen LogP contribution < -0.4 is 0 Å². The van der Waals surface area contributed by atoms with Gasteiger partial charge in [0.1, 0.15) is 0 Å². The van der Waals surface area contributed by atoms with Gasteiger partial charge in [0, 0.05) is 0 Å². The summed E-state index contributed by atoms with van der Waals surface area (Å²) in [6.45, 7) is 6.31. The van der Waals surface area contributed by atoms with Gasteiger partial charge in [-0.2, -0.15) is 0 Å². The van der Waals surface area contributed by atoms with E-state index >= 15 is 0 Å². The number of oxime groups is 1. The molecule has 0 aliphatic heterocycles. The van der Waals surface area contributed by atoms with Crippen molar-refractivity contribution in [3.8, 4) is 0 Å². The van der Waals surface area contributed by atoms with Gasteiger partial charge in [-0.1, -0.05) is 36.7 Å². The summed E-state index contributed by atoms with van der Waals surface area (Å²) in [4.78, 5) is 0. The van der Waals surface area contributed by atoms with E-state index in [0.29, 0.717) is 11.6 Å². The molecule has 0 aromatic heterocycles. The van der Waals surface area contributed by atoms with Crippen molar-refractivity contribution in [3.63, 3.8) is 0 Å². The Balaban J connectivity index is 2.64. The highest BCUT2D eigenvalue weighted by atomic mass is 16.4. The van der Waals surface area contributed by atoms with E-state index < -0.39 is 0 Å². The summed E-state index contributed by atoms with van der Waals surface area (Å²) in [5.41, 5.74) is 2.01. The molecule has 0 aromatic rings. The molecule has 0 saturated carbocycles. The number of hydrogen-bond donors (Lipinski definition) is 1. The zero-order valence-electron chi connectivity index (χ0n) is 9.20. The molecule has 2 nitrogen and oxygen atoms in total. The van der Waals surface area contributed by atoms with Crippen molar-refractivity contribution in [2.45, 2.75) is 33.6 Å².